The summed E-state index contributed by atoms with van der Waals surface area (Å²) in [6.07, 6.45) is 1.87. The van der Waals surface area contributed by atoms with Crippen molar-refractivity contribution in [3.63, 3.8) is 0 Å². The first-order valence-corrected chi connectivity index (χ1v) is 15.5. The van der Waals surface area contributed by atoms with Crippen molar-refractivity contribution in [1.29, 1.82) is 0 Å². The number of pyridine rings is 3. The monoisotopic (exact) mass is 588 g/mol. The van der Waals surface area contributed by atoms with Gasteiger partial charge < -0.3 is 4.57 Å². The Balaban J connectivity index is 1.05. The van der Waals surface area contributed by atoms with E-state index in [0.717, 1.165) is 56.1 Å². The molecule has 4 nitrogen and oxygen atoms in total. The molecule has 0 aliphatic heterocycles. The predicted octanol–water partition coefficient (Wildman–Crippen LogP) is 10.6. The van der Waals surface area contributed by atoms with E-state index >= 15 is 0 Å². The second-order valence-electron chi connectivity index (χ2n) is 11.8. The molecule has 0 radical (unpaired) electrons. The van der Waals surface area contributed by atoms with Crippen LogP contribution in [0, 0.1) is 6.92 Å². The molecule has 0 N–H and O–H groups in total. The molecule has 0 amide bonds. The van der Waals surface area contributed by atoms with Gasteiger partial charge in [-0.05, 0) is 95.2 Å². The fourth-order valence-electron chi connectivity index (χ4n) is 6.66. The molecule has 5 aromatic carbocycles. The van der Waals surface area contributed by atoms with Gasteiger partial charge in [0, 0.05) is 28.4 Å². The van der Waals surface area contributed by atoms with E-state index < -0.39 is 0 Å². The van der Waals surface area contributed by atoms with E-state index in [-0.39, 0.29) is 0 Å². The SMILES string of the molecule is Cc1ccc2c(c1)c1ncccc1n2-c1ccc(-c2cccc(-c3cccc(-c4ccc5c(ccc6ccccc65)c4)n3)n2)cc1. The van der Waals surface area contributed by atoms with E-state index in [1.165, 1.54) is 32.5 Å². The fourth-order valence-corrected chi connectivity index (χ4v) is 6.66. The molecule has 4 heterocycles. The molecule has 216 valence electrons. The van der Waals surface area contributed by atoms with Gasteiger partial charge in [0.05, 0.1) is 39.3 Å². The van der Waals surface area contributed by atoms with Gasteiger partial charge in [-0.15, -0.1) is 0 Å². The zero-order chi connectivity index (χ0) is 30.6. The van der Waals surface area contributed by atoms with Crippen LogP contribution in [0.5, 0.6) is 0 Å². The standard InChI is InChI=1S/C42H28N4/c1-27-14-23-40-35(25-27)42-41(13-6-24-43-42)46(40)32-20-17-29(18-21-32)36-9-4-11-38(44-36)39-12-5-10-37(45-39)31-19-22-34-30(26-31)16-15-28-7-2-3-8-33(28)34/h2-26H,1H3. The van der Waals surface area contributed by atoms with Gasteiger partial charge in [0.15, 0.2) is 0 Å². The molecule has 0 spiro atoms. The third kappa shape index (κ3) is 4.34. The average molecular weight is 589 g/mol. The minimum atomic E-state index is 0.846. The molecule has 46 heavy (non-hydrogen) atoms. The zero-order valence-corrected chi connectivity index (χ0v) is 25.2. The number of fused-ring (bicyclic) bond motifs is 6. The lowest BCUT2D eigenvalue weighted by Gasteiger charge is -2.10. The predicted molar refractivity (Wildman–Crippen MR) is 190 cm³/mol. The Morgan fingerprint density at radius 2 is 1.15 bits per heavy atom. The number of aromatic nitrogens is 4. The van der Waals surface area contributed by atoms with Crippen LogP contribution in [0.1, 0.15) is 5.56 Å². The van der Waals surface area contributed by atoms with Crippen LogP contribution >= 0.6 is 0 Å². The first kappa shape index (κ1) is 26.3. The molecule has 0 saturated heterocycles. The lowest BCUT2D eigenvalue weighted by molar-refractivity contribution is 1.17. The molecule has 0 saturated carbocycles. The van der Waals surface area contributed by atoms with Crippen molar-refractivity contribution in [3.05, 3.63) is 157 Å². The summed E-state index contributed by atoms with van der Waals surface area (Å²) in [6.45, 7) is 2.12. The maximum Gasteiger partial charge on any atom is 0.0963 e. The molecule has 0 unspecified atom stereocenters. The van der Waals surface area contributed by atoms with Crippen molar-refractivity contribution in [2.45, 2.75) is 6.92 Å². The van der Waals surface area contributed by atoms with Crippen molar-refractivity contribution in [1.82, 2.24) is 19.5 Å². The Morgan fingerprint density at radius 3 is 1.98 bits per heavy atom. The minimum absolute atomic E-state index is 0.846. The van der Waals surface area contributed by atoms with E-state index in [2.05, 4.69) is 139 Å². The Morgan fingerprint density at radius 1 is 0.457 bits per heavy atom. The van der Waals surface area contributed by atoms with Gasteiger partial charge in [0.1, 0.15) is 0 Å². The molecular weight excluding hydrogens is 560 g/mol. The van der Waals surface area contributed by atoms with Crippen LogP contribution in [0.3, 0.4) is 0 Å². The number of aryl methyl sites for hydroxylation is 1. The normalized spacial score (nSPS) is 11.6. The summed E-state index contributed by atoms with van der Waals surface area (Å²) in [5, 5.41) is 6.15. The maximum absolute atomic E-state index is 5.06. The van der Waals surface area contributed by atoms with Crippen LogP contribution in [-0.4, -0.2) is 19.5 Å². The summed E-state index contributed by atoms with van der Waals surface area (Å²) in [4.78, 5) is 14.8. The van der Waals surface area contributed by atoms with E-state index in [9.17, 15) is 0 Å². The minimum Gasteiger partial charge on any atom is -0.308 e. The first-order chi connectivity index (χ1) is 22.7. The van der Waals surface area contributed by atoms with Crippen LogP contribution in [0.4, 0.5) is 0 Å². The largest absolute Gasteiger partial charge is 0.308 e. The van der Waals surface area contributed by atoms with Crippen LogP contribution in [0.15, 0.2) is 152 Å². The Labute approximate surface area is 266 Å². The fraction of sp³-hybridized carbons (Fsp3) is 0.0238. The summed E-state index contributed by atoms with van der Waals surface area (Å²) < 4.78 is 2.29. The van der Waals surface area contributed by atoms with E-state index in [0.29, 0.717) is 0 Å². The molecule has 0 aliphatic carbocycles. The topological polar surface area (TPSA) is 43.6 Å². The molecule has 9 aromatic rings. The molecule has 0 aliphatic rings. The highest BCUT2D eigenvalue weighted by Crippen LogP contribution is 2.33. The lowest BCUT2D eigenvalue weighted by atomic mass is 9.99. The van der Waals surface area contributed by atoms with Gasteiger partial charge in [-0.3, -0.25) is 4.98 Å². The van der Waals surface area contributed by atoms with Crippen LogP contribution in [-0.2, 0) is 0 Å². The Bertz CT molecular complexity index is 2600. The van der Waals surface area contributed by atoms with Gasteiger partial charge in [0.2, 0.25) is 0 Å². The Kier molecular flexibility index (Phi) is 6.00. The van der Waals surface area contributed by atoms with Gasteiger partial charge >= 0.3 is 0 Å². The molecule has 0 bridgehead atoms. The highest BCUT2D eigenvalue weighted by molar-refractivity contribution is 6.09. The highest BCUT2D eigenvalue weighted by Gasteiger charge is 2.14. The lowest BCUT2D eigenvalue weighted by Crippen LogP contribution is -1.95. The quantitative estimate of drug-likeness (QED) is 0.192. The van der Waals surface area contributed by atoms with Gasteiger partial charge in [0.25, 0.3) is 0 Å². The number of nitrogens with zero attached hydrogens (tertiary/aromatic N) is 4. The molecule has 4 aromatic heterocycles. The van der Waals surface area contributed by atoms with E-state index in [1.807, 2.05) is 24.4 Å². The van der Waals surface area contributed by atoms with Crippen LogP contribution in [0.2, 0.25) is 0 Å². The van der Waals surface area contributed by atoms with E-state index in [1.54, 1.807) is 0 Å². The summed E-state index contributed by atoms with van der Waals surface area (Å²) in [5.74, 6) is 0. The van der Waals surface area contributed by atoms with Crippen molar-refractivity contribution >= 4 is 43.5 Å². The maximum atomic E-state index is 5.06. The molecule has 9 rings (SSSR count). The Hall–Kier alpha value is -6.13. The summed E-state index contributed by atoms with van der Waals surface area (Å²) in [7, 11) is 0. The number of rotatable bonds is 4. The van der Waals surface area contributed by atoms with Crippen LogP contribution in [0.25, 0.3) is 83.1 Å². The van der Waals surface area contributed by atoms with Crippen molar-refractivity contribution < 1.29 is 0 Å². The zero-order valence-electron chi connectivity index (χ0n) is 25.2. The first-order valence-electron chi connectivity index (χ1n) is 15.5. The second kappa shape index (κ2) is 10.5. The van der Waals surface area contributed by atoms with E-state index in [4.69, 9.17) is 15.0 Å². The number of benzene rings is 5. The molecular formula is C42H28N4. The van der Waals surface area contributed by atoms with Crippen molar-refractivity contribution in [2.75, 3.05) is 0 Å². The van der Waals surface area contributed by atoms with Crippen molar-refractivity contribution in [3.8, 4) is 39.6 Å². The van der Waals surface area contributed by atoms with Crippen molar-refractivity contribution in [2.24, 2.45) is 0 Å². The summed E-state index contributed by atoms with van der Waals surface area (Å²) in [6, 6.07) is 51.1. The molecule has 0 fully saturated rings. The average Bonchev–Trinajstić information content (AvgIpc) is 3.45. The van der Waals surface area contributed by atoms with Gasteiger partial charge in [-0.2, -0.15) is 0 Å². The van der Waals surface area contributed by atoms with Crippen LogP contribution < -0.4 is 0 Å². The molecule has 0 atom stereocenters. The van der Waals surface area contributed by atoms with Gasteiger partial charge in [-0.1, -0.05) is 84.4 Å². The summed E-state index contributed by atoms with van der Waals surface area (Å²) in [5.41, 5.74) is 11.3. The van der Waals surface area contributed by atoms with Gasteiger partial charge in [-0.25, -0.2) is 9.97 Å². The smallest absolute Gasteiger partial charge is 0.0963 e. The number of hydrogen-bond donors (Lipinski definition) is 0. The summed E-state index contributed by atoms with van der Waals surface area (Å²) >= 11 is 0. The molecule has 4 heteroatoms. The number of hydrogen-bond acceptors (Lipinski definition) is 3. The highest BCUT2D eigenvalue weighted by atomic mass is 15.0. The third-order valence-corrected chi connectivity index (χ3v) is 8.90. The third-order valence-electron chi connectivity index (χ3n) is 8.90. The second-order valence-corrected chi connectivity index (χ2v) is 11.8.